The lowest BCUT2D eigenvalue weighted by Gasteiger charge is -2.18. The van der Waals surface area contributed by atoms with E-state index in [0.29, 0.717) is 18.7 Å². The first kappa shape index (κ1) is 18.8. The van der Waals surface area contributed by atoms with Crippen molar-refractivity contribution in [2.45, 2.75) is 12.8 Å². The van der Waals surface area contributed by atoms with Gasteiger partial charge in [0.05, 0.1) is 6.54 Å². The van der Waals surface area contributed by atoms with E-state index in [4.69, 9.17) is 0 Å². The number of rotatable bonds is 6. The van der Waals surface area contributed by atoms with E-state index < -0.39 is 0 Å². The number of amides is 4. The number of carbonyl (C=O) groups excluding carboxylic acids is 3. The molecule has 8 nitrogen and oxygen atoms in total. The summed E-state index contributed by atoms with van der Waals surface area (Å²) >= 11 is 0. The summed E-state index contributed by atoms with van der Waals surface area (Å²) in [5.41, 5.74) is 1.51. The number of benzene rings is 1. The van der Waals surface area contributed by atoms with E-state index in [1.54, 1.807) is 22.9 Å². The predicted molar refractivity (Wildman–Crippen MR) is 102 cm³/mol. The van der Waals surface area contributed by atoms with Crippen molar-refractivity contribution in [3.63, 3.8) is 0 Å². The number of carbonyl (C=O) groups is 3. The first-order valence-electron chi connectivity index (χ1n) is 9.16. The molecule has 1 aliphatic rings. The van der Waals surface area contributed by atoms with E-state index >= 15 is 0 Å². The number of urea groups is 1. The monoisotopic (exact) mass is 371 g/mol. The zero-order valence-electron chi connectivity index (χ0n) is 15.5. The van der Waals surface area contributed by atoms with E-state index in [1.807, 2.05) is 24.4 Å². The fourth-order valence-electron chi connectivity index (χ4n) is 3.12. The minimum Gasteiger partial charge on any atom is -0.361 e. The molecule has 0 atom stereocenters. The average Bonchev–Trinajstić information content (AvgIpc) is 3.36. The summed E-state index contributed by atoms with van der Waals surface area (Å²) < 4.78 is 0. The second-order valence-electron chi connectivity index (χ2n) is 6.71. The molecule has 0 spiro atoms. The molecule has 1 aromatic heterocycles. The lowest BCUT2D eigenvalue weighted by molar-refractivity contribution is -0.120. The van der Waals surface area contributed by atoms with Gasteiger partial charge in [-0.15, -0.1) is 0 Å². The van der Waals surface area contributed by atoms with Gasteiger partial charge < -0.3 is 25.4 Å². The van der Waals surface area contributed by atoms with Crippen LogP contribution in [-0.2, 0) is 4.79 Å². The Morgan fingerprint density at radius 1 is 1.15 bits per heavy atom. The number of hydrogen-bond acceptors (Lipinski definition) is 3. The van der Waals surface area contributed by atoms with Crippen molar-refractivity contribution >= 4 is 28.7 Å². The number of hydrogen-bond donors (Lipinski definition) is 3. The molecule has 2 heterocycles. The van der Waals surface area contributed by atoms with Crippen LogP contribution in [0.25, 0.3) is 10.9 Å². The van der Waals surface area contributed by atoms with Gasteiger partial charge in [0.25, 0.3) is 5.91 Å². The van der Waals surface area contributed by atoms with Gasteiger partial charge in [0.2, 0.25) is 5.91 Å². The van der Waals surface area contributed by atoms with Crippen LogP contribution in [0, 0.1) is 0 Å². The van der Waals surface area contributed by atoms with Crippen LogP contribution < -0.4 is 10.6 Å². The molecular formula is C19H25N5O3. The number of aromatic amines is 1. The minimum atomic E-state index is -0.267. The lowest BCUT2D eigenvalue weighted by Crippen LogP contribution is -2.44. The highest BCUT2D eigenvalue weighted by Crippen LogP contribution is 2.15. The topological polar surface area (TPSA) is 97.5 Å². The van der Waals surface area contributed by atoms with Crippen molar-refractivity contribution in [3.8, 4) is 0 Å². The Labute approximate surface area is 157 Å². The molecule has 3 N–H and O–H groups in total. The third-order valence-corrected chi connectivity index (χ3v) is 4.71. The highest BCUT2D eigenvalue weighted by molar-refractivity contribution is 5.97. The van der Waals surface area contributed by atoms with Crippen molar-refractivity contribution in [2.75, 3.05) is 39.8 Å². The molecule has 0 unspecified atom stereocenters. The molecule has 2 aromatic rings. The first-order chi connectivity index (χ1) is 13.0. The van der Waals surface area contributed by atoms with Crippen molar-refractivity contribution < 1.29 is 14.4 Å². The summed E-state index contributed by atoms with van der Waals surface area (Å²) in [5, 5.41) is 6.39. The maximum absolute atomic E-state index is 12.5. The fraction of sp³-hybridized carbons (Fsp3) is 0.421. The van der Waals surface area contributed by atoms with E-state index in [1.165, 1.54) is 0 Å². The quantitative estimate of drug-likeness (QED) is 0.711. The smallest absolute Gasteiger partial charge is 0.317 e. The molecule has 0 bridgehead atoms. The van der Waals surface area contributed by atoms with Crippen LogP contribution in [0.5, 0.6) is 0 Å². The van der Waals surface area contributed by atoms with E-state index in [-0.39, 0.29) is 24.4 Å². The molecule has 3 rings (SSSR count). The van der Waals surface area contributed by atoms with Crippen LogP contribution in [0.15, 0.2) is 30.5 Å². The third-order valence-electron chi connectivity index (χ3n) is 4.71. The van der Waals surface area contributed by atoms with E-state index in [9.17, 15) is 14.4 Å². The lowest BCUT2D eigenvalue weighted by atomic mass is 10.1. The zero-order valence-corrected chi connectivity index (χ0v) is 15.5. The van der Waals surface area contributed by atoms with Gasteiger partial charge in [0.15, 0.2) is 0 Å². The van der Waals surface area contributed by atoms with Crippen molar-refractivity contribution in [3.05, 3.63) is 36.0 Å². The van der Waals surface area contributed by atoms with Gasteiger partial charge in [-0.05, 0) is 36.4 Å². The van der Waals surface area contributed by atoms with E-state index in [0.717, 1.165) is 36.8 Å². The number of likely N-dealkylation sites (N-methyl/N-ethyl adjacent to an activating group) is 1. The van der Waals surface area contributed by atoms with Gasteiger partial charge in [-0.25, -0.2) is 4.79 Å². The second kappa shape index (κ2) is 8.57. The highest BCUT2D eigenvalue weighted by Gasteiger charge is 2.18. The summed E-state index contributed by atoms with van der Waals surface area (Å²) in [5.74, 6) is -0.376. The molecule has 0 aliphatic carbocycles. The van der Waals surface area contributed by atoms with Crippen LogP contribution in [0.3, 0.4) is 0 Å². The molecule has 1 saturated heterocycles. The molecule has 0 radical (unpaired) electrons. The molecular weight excluding hydrogens is 346 g/mol. The Morgan fingerprint density at radius 3 is 2.70 bits per heavy atom. The van der Waals surface area contributed by atoms with Gasteiger partial charge in [-0.2, -0.15) is 0 Å². The van der Waals surface area contributed by atoms with Gasteiger partial charge in [0.1, 0.15) is 0 Å². The Kier molecular flexibility index (Phi) is 5.95. The number of aromatic nitrogens is 1. The minimum absolute atomic E-state index is 0.0590. The molecule has 1 fully saturated rings. The molecule has 144 valence electrons. The molecule has 27 heavy (non-hydrogen) atoms. The maximum Gasteiger partial charge on any atom is 0.317 e. The molecule has 1 aromatic carbocycles. The second-order valence-corrected chi connectivity index (χ2v) is 6.71. The van der Waals surface area contributed by atoms with Crippen molar-refractivity contribution in [1.82, 2.24) is 25.4 Å². The summed E-state index contributed by atoms with van der Waals surface area (Å²) in [7, 11) is 1.70. The SMILES string of the molecule is CN(CCNC(=O)CNC(=O)N1CCCC1)C(=O)c1ccc2cc[nH]c2c1. The molecule has 8 heteroatoms. The average molecular weight is 371 g/mol. The number of nitrogens with zero attached hydrogens (tertiary/aromatic N) is 2. The summed E-state index contributed by atoms with van der Waals surface area (Å²) in [6.07, 6.45) is 3.86. The zero-order chi connectivity index (χ0) is 19.2. The van der Waals surface area contributed by atoms with Gasteiger partial charge in [-0.1, -0.05) is 6.07 Å². The van der Waals surface area contributed by atoms with Crippen LogP contribution in [0.1, 0.15) is 23.2 Å². The Morgan fingerprint density at radius 2 is 1.93 bits per heavy atom. The van der Waals surface area contributed by atoms with Gasteiger partial charge in [-0.3, -0.25) is 9.59 Å². The fourth-order valence-corrected chi connectivity index (χ4v) is 3.12. The molecule has 1 aliphatic heterocycles. The normalized spacial score (nSPS) is 13.6. The van der Waals surface area contributed by atoms with E-state index in [2.05, 4.69) is 15.6 Å². The predicted octanol–water partition coefficient (Wildman–Crippen LogP) is 1.16. The summed E-state index contributed by atoms with van der Waals surface area (Å²) in [4.78, 5) is 42.5. The van der Waals surface area contributed by atoms with Crippen molar-refractivity contribution in [1.29, 1.82) is 0 Å². The largest absolute Gasteiger partial charge is 0.361 e. The van der Waals surface area contributed by atoms with Crippen molar-refractivity contribution in [2.24, 2.45) is 0 Å². The summed E-state index contributed by atoms with van der Waals surface area (Å²) in [6.45, 7) is 2.14. The number of fused-ring (bicyclic) bond motifs is 1. The van der Waals surface area contributed by atoms with Crippen LogP contribution >= 0.6 is 0 Å². The third kappa shape index (κ3) is 4.78. The van der Waals surface area contributed by atoms with Crippen LogP contribution in [0.2, 0.25) is 0 Å². The first-order valence-corrected chi connectivity index (χ1v) is 9.16. The number of H-pyrrole nitrogens is 1. The standard InChI is InChI=1S/C19H25N5O3/c1-23(18(26)15-5-4-14-6-7-20-16(14)12-15)11-8-21-17(25)13-22-19(27)24-9-2-3-10-24/h4-7,12,20H,2-3,8-11,13H2,1H3,(H,21,25)(H,22,27). The van der Waals surface area contributed by atoms with Crippen LogP contribution in [0.4, 0.5) is 4.79 Å². The maximum atomic E-state index is 12.5. The molecule has 0 saturated carbocycles. The Bertz CT molecular complexity index is 826. The highest BCUT2D eigenvalue weighted by atomic mass is 16.2. The van der Waals surface area contributed by atoms with Gasteiger partial charge >= 0.3 is 6.03 Å². The number of nitrogens with one attached hydrogen (secondary N) is 3. The Balaban J connectivity index is 1.39. The summed E-state index contributed by atoms with van der Waals surface area (Å²) in [6, 6.07) is 7.26. The van der Waals surface area contributed by atoms with Gasteiger partial charge in [0, 0.05) is 50.5 Å². The van der Waals surface area contributed by atoms with Crippen LogP contribution in [-0.4, -0.2) is 72.4 Å². The Hall–Kier alpha value is -3.03. The number of likely N-dealkylation sites (tertiary alicyclic amines) is 1. The molecule has 4 amide bonds.